The van der Waals surface area contributed by atoms with Crippen molar-refractivity contribution < 1.29 is 5.21 Å². The van der Waals surface area contributed by atoms with Gasteiger partial charge in [-0.1, -0.05) is 48.3 Å². The van der Waals surface area contributed by atoms with Gasteiger partial charge in [0.1, 0.15) is 5.84 Å². The monoisotopic (exact) mass is 307 g/mol. The summed E-state index contributed by atoms with van der Waals surface area (Å²) in [4.78, 5) is 0. The third kappa shape index (κ3) is 4.14. The lowest BCUT2D eigenvalue weighted by molar-refractivity contribution is 0.315. The van der Waals surface area contributed by atoms with Crippen molar-refractivity contribution in [2.24, 2.45) is 10.9 Å². The van der Waals surface area contributed by atoms with E-state index in [2.05, 4.69) is 16.7 Å². The van der Waals surface area contributed by atoms with Crippen LogP contribution in [0.3, 0.4) is 0 Å². The van der Waals surface area contributed by atoms with E-state index in [0.29, 0.717) is 11.3 Å². The van der Waals surface area contributed by atoms with Crippen LogP contribution in [0.2, 0.25) is 0 Å². The molecule has 1 aromatic rings. The lowest BCUT2D eigenvalue weighted by Gasteiger charge is -2.28. The summed E-state index contributed by atoms with van der Waals surface area (Å²) < 4.78 is 0.367. The zero-order valence-corrected chi connectivity index (χ0v) is 13.4. The summed E-state index contributed by atoms with van der Waals surface area (Å²) in [6.07, 6.45) is 7.41. The summed E-state index contributed by atoms with van der Waals surface area (Å²) in [6.45, 7) is 1.68. The zero-order valence-electron chi connectivity index (χ0n) is 12.6. The Kier molecular flexibility index (Phi) is 5.94. The predicted octanol–water partition coefficient (Wildman–Crippen LogP) is 2.78. The largest absolute Gasteiger partial charge is 0.409 e. The Morgan fingerprint density at radius 3 is 2.62 bits per heavy atom. The molecule has 1 aliphatic carbocycles. The second-order valence-corrected chi connectivity index (χ2v) is 6.99. The summed E-state index contributed by atoms with van der Waals surface area (Å²) in [5.74, 6) is 0.176. The van der Waals surface area contributed by atoms with Crippen molar-refractivity contribution in [3.05, 3.63) is 35.9 Å². The molecule has 1 aromatic carbocycles. The molecular formula is C16H25N3OS. The first-order valence-electron chi connectivity index (χ1n) is 7.49. The first-order valence-corrected chi connectivity index (χ1v) is 8.71. The van der Waals surface area contributed by atoms with E-state index in [1.165, 1.54) is 25.7 Å². The highest BCUT2D eigenvalue weighted by Crippen LogP contribution is 2.39. The number of nitrogens with zero attached hydrogens (tertiary/aromatic N) is 1. The minimum atomic E-state index is -0.0866. The molecule has 4 N–H and O–H groups in total. The van der Waals surface area contributed by atoms with Gasteiger partial charge in [0.25, 0.3) is 0 Å². The van der Waals surface area contributed by atoms with Gasteiger partial charge in [0.05, 0.1) is 5.92 Å². The van der Waals surface area contributed by atoms with Crippen molar-refractivity contribution in [1.29, 1.82) is 0 Å². The van der Waals surface area contributed by atoms with Gasteiger partial charge in [0.2, 0.25) is 0 Å². The van der Waals surface area contributed by atoms with Crippen molar-refractivity contribution >= 4 is 17.6 Å². The Morgan fingerprint density at radius 1 is 1.38 bits per heavy atom. The highest BCUT2D eigenvalue weighted by molar-refractivity contribution is 8.00. The maximum absolute atomic E-state index is 9.01. The second kappa shape index (κ2) is 7.71. The number of nitrogens with two attached hydrogens (primary N) is 1. The van der Waals surface area contributed by atoms with Gasteiger partial charge in [0.15, 0.2) is 0 Å². The van der Waals surface area contributed by atoms with Crippen LogP contribution in [0.1, 0.15) is 37.2 Å². The van der Waals surface area contributed by atoms with Crippen LogP contribution in [-0.2, 0) is 0 Å². The fourth-order valence-corrected chi connectivity index (χ4v) is 4.01. The summed E-state index contributed by atoms with van der Waals surface area (Å²) >= 11 is 1.97. The van der Waals surface area contributed by atoms with E-state index < -0.39 is 0 Å². The smallest absolute Gasteiger partial charge is 0.147 e. The SMILES string of the molecule is CSC1(CNCC(/C(N)=N/O)c2ccccc2)CCCC1. The Labute approximate surface area is 131 Å². The third-order valence-corrected chi connectivity index (χ3v) is 5.84. The van der Waals surface area contributed by atoms with Gasteiger partial charge < -0.3 is 16.3 Å². The predicted molar refractivity (Wildman–Crippen MR) is 90.2 cm³/mol. The molecule has 0 bridgehead atoms. The molecule has 1 aliphatic rings. The molecule has 1 unspecified atom stereocenters. The van der Waals surface area contributed by atoms with E-state index in [4.69, 9.17) is 10.9 Å². The Hall–Kier alpha value is -1.20. The molecule has 116 valence electrons. The van der Waals surface area contributed by atoms with Gasteiger partial charge >= 0.3 is 0 Å². The molecule has 2 rings (SSSR count). The molecule has 4 nitrogen and oxygen atoms in total. The van der Waals surface area contributed by atoms with Crippen LogP contribution in [0.4, 0.5) is 0 Å². The number of oxime groups is 1. The summed E-state index contributed by atoms with van der Waals surface area (Å²) in [5, 5.41) is 15.7. The van der Waals surface area contributed by atoms with Gasteiger partial charge in [-0.25, -0.2) is 0 Å². The second-order valence-electron chi connectivity index (χ2n) is 5.71. The fraction of sp³-hybridized carbons (Fsp3) is 0.562. The fourth-order valence-electron chi connectivity index (χ4n) is 3.06. The van der Waals surface area contributed by atoms with Crippen LogP contribution in [0.25, 0.3) is 0 Å². The summed E-state index contributed by atoms with van der Waals surface area (Å²) in [7, 11) is 0. The first-order chi connectivity index (χ1) is 10.2. The highest BCUT2D eigenvalue weighted by Gasteiger charge is 2.32. The van der Waals surface area contributed by atoms with Gasteiger partial charge in [0, 0.05) is 17.8 Å². The van der Waals surface area contributed by atoms with Crippen LogP contribution in [0.15, 0.2) is 35.5 Å². The number of amidine groups is 1. The first kappa shape index (κ1) is 16.2. The number of nitrogens with one attached hydrogen (secondary N) is 1. The summed E-state index contributed by atoms with van der Waals surface area (Å²) in [6, 6.07) is 9.97. The number of benzene rings is 1. The molecule has 5 heteroatoms. The molecule has 1 atom stereocenters. The van der Waals surface area contributed by atoms with E-state index >= 15 is 0 Å². The lowest BCUT2D eigenvalue weighted by atomic mass is 9.97. The quantitative estimate of drug-likeness (QED) is 0.313. The van der Waals surface area contributed by atoms with Crippen LogP contribution < -0.4 is 11.1 Å². The van der Waals surface area contributed by atoms with Crippen molar-refractivity contribution in [3.8, 4) is 0 Å². The average Bonchev–Trinajstić information content (AvgIpc) is 3.01. The number of hydrogen-bond donors (Lipinski definition) is 3. The summed E-state index contributed by atoms with van der Waals surface area (Å²) in [5.41, 5.74) is 6.94. The average molecular weight is 307 g/mol. The Morgan fingerprint density at radius 2 is 2.05 bits per heavy atom. The number of hydrogen-bond acceptors (Lipinski definition) is 4. The molecule has 0 aromatic heterocycles. The molecule has 0 aliphatic heterocycles. The molecule has 1 saturated carbocycles. The van der Waals surface area contributed by atoms with Crippen molar-refractivity contribution in [2.75, 3.05) is 19.3 Å². The Bertz CT molecular complexity index is 458. The molecule has 0 saturated heterocycles. The molecule has 0 spiro atoms. The molecular weight excluding hydrogens is 282 g/mol. The minimum Gasteiger partial charge on any atom is -0.409 e. The van der Waals surface area contributed by atoms with Crippen LogP contribution in [0, 0.1) is 0 Å². The third-order valence-electron chi connectivity index (χ3n) is 4.42. The van der Waals surface area contributed by atoms with E-state index in [0.717, 1.165) is 12.1 Å². The number of thioether (sulfide) groups is 1. The molecule has 21 heavy (non-hydrogen) atoms. The lowest BCUT2D eigenvalue weighted by Crippen LogP contribution is -2.39. The minimum absolute atomic E-state index is 0.0866. The van der Waals surface area contributed by atoms with Crippen molar-refractivity contribution in [3.63, 3.8) is 0 Å². The van der Waals surface area contributed by atoms with Crippen molar-refractivity contribution in [1.82, 2.24) is 5.32 Å². The number of rotatable bonds is 7. The molecule has 0 radical (unpaired) electrons. The maximum atomic E-state index is 9.01. The van der Waals surface area contributed by atoms with Crippen molar-refractivity contribution in [2.45, 2.75) is 36.3 Å². The molecule has 0 amide bonds. The maximum Gasteiger partial charge on any atom is 0.147 e. The highest BCUT2D eigenvalue weighted by atomic mass is 32.2. The van der Waals surface area contributed by atoms with Gasteiger partial charge in [-0.15, -0.1) is 0 Å². The zero-order chi connectivity index (χ0) is 15.1. The van der Waals surface area contributed by atoms with Crippen LogP contribution in [-0.4, -0.2) is 35.1 Å². The van der Waals surface area contributed by atoms with Gasteiger partial charge in [-0.3, -0.25) is 0 Å². The standard InChI is InChI=1S/C16H25N3OS/c1-21-16(9-5-6-10-16)12-18-11-14(15(17)19-20)13-7-3-2-4-8-13/h2-4,7-8,14,18,20H,5-6,9-12H2,1H3,(H2,17,19). The van der Waals surface area contributed by atoms with Gasteiger partial charge in [-0.2, -0.15) is 11.8 Å². The molecule has 1 fully saturated rings. The van der Waals surface area contributed by atoms with E-state index in [9.17, 15) is 0 Å². The van der Waals surface area contributed by atoms with Crippen LogP contribution in [0.5, 0.6) is 0 Å². The molecule has 0 heterocycles. The topological polar surface area (TPSA) is 70.6 Å². The Balaban J connectivity index is 1.97. The van der Waals surface area contributed by atoms with E-state index in [-0.39, 0.29) is 11.8 Å². The van der Waals surface area contributed by atoms with E-state index in [1.807, 2.05) is 42.1 Å². The van der Waals surface area contributed by atoms with Gasteiger partial charge in [-0.05, 0) is 24.7 Å². The van der Waals surface area contributed by atoms with E-state index in [1.54, 1.807) is 0 Å². The normalized spacial score (nSPS) is 19.6. The van der Waals surface area contributed by atoms with Crippen LogP contribution >= 0.6 is 11.8 Å².